The maximum atomic E-state index is 12.9. The molecule has 0 unspecified atom stereocenters. The Labute approximate surface area is 186 Å². The first-order chi connectivity index (χ1) is 15.6. The summed E-state index contributed by atoms with van der Waals surface area (Å²) in [5.41, 5.74) is 3.66. The molecule has 0 aromatic heterocycles. The number of amides is 2. The van der Waals surface area contributed by atoms with Crippen LogP contribution < -0.4 is 19.7 Å². The maximum absolute atomic E-state index is 12.9. The van der Waals surface area contributed by atoms with Crippen molar-refractivity contribution in [2.24, 2.45) is 4.99 Å². The summed E-state index contributed by atoms with van der Waals surface area (Å²) >= 11 is 0. The zero-order valence-corrected chi connectivity index (χ0v) is 17.9. The van der Waals surface area contributed by atoms with Gasteiger partial charge in [0.2, 0.25) is 11.8 Å². The van der Waals surface area contributed by atoms with Crippen molar-refractivity contribution in [3.05, 3.63) is 83.9 Å². The number of anilines is 2. The SMILES string of the molecule is COc1ccc(NC(=O)CN2C(=O)CN=C(c3ccccc3)c3ccccc32)cc1OC. The number of ether oxygens (including phenoxy) is 2. The third-order valence-electron chi connectivity index (χ3n) is 5.14. The fraction of sp³-hybridized carbons (Fsp3) is 0.160. The third kappa shape index (κ3) is 4.32. The number of benzene rings is 3. The fourth-order valence-electron chi connectivity index (χ4n) is 3.64. The van der Waals surface area contributed by atoms with Crippen molar-refractivity contribution in [3.8, 4) is 11.5 Å². The van der Waals surface area contributed by atoms with Gasteiger partial charge in [0.05, 0.1) is 25.6 Å². The van der Waals surface area contributed by atoms with Gasteiger partial charge in [0.15, 0.2) is 11.5 Å². The van der Waals surface area contributed by atoms with Gasteiger partial charge in [0, 0.05) is 22.9 Å². The summed E-state index contributed by atoms with van der Waals surface area (Å²) in [7, 11) is 3.07. The number of aliphatic imine (C=N–C) groups is 1. The van der Waals surface area contributed by atoms with Crippen LogP contribution in [0, 0.1) is 0 Å². The number of carbonyl (C=O) groups excluding carboxylic acids is 2. The van der Waals surface area contributed by atoms with Gasteiger partial charge in [-0.05, 0) is 18.2 Å². The number of para-hydroxylation sites is 1. The molecule has 3 aromatic rings. The fourth-order valence-corrected chi connectivity index (χ4v) is 3.64. The summed E-state index contributed by atoms with van der Waals surface area (Å²) in [6.07, 6.45) is 0. The van der Waals surface area contributed by atoms with Crippen LogP contribution in [0.15, 0.2) is 77.8 Å². The molecule has 0 saturated heterocycles. The molecule has 32 heavy (non-hydrogen) atoms. The van der Waals surface area contributed by atoms with Gasteiger partial charge in [-0.15, -0.1) is 0 Å². The van der Waals surface area contributed by atoms with E-state index in [2.05, 4.69) is 10.3 Å². The van der Waals surface area contributed by atoms with E-state index in [4.69, 9.17) is 9.47 Å². The summed E-state index contributed by atoms with van der Waals surface area (Å²) in [4.78, 5) is 31.8. The number of benzodiazepines with no additional fused rings is 1. The van der Waals surface area contributed by atoms with Gasteiger partial charge in [-0.25, -0.2) is 0 Å². The second-order valence-corrected chi connectivity index (χ2v) is 7.15. The molecule has 2 amide bonds. The highest BCUT2D eigenvalue weighted by Gasteiger charge is 2.26. The highest BCUT2D eigenvalue weighted by molar-refractivity contribution is 6.20. The number of hydrogen-bond donors (Lipinski definition) is 1. The van der Waals surface area contributed by atoms with Crippen LogP contribution >= 0.6 is 0 Å². The molecule has 1 aliphatic heterocycles. The molecule has 1 heterocycles. The largest absolute Gasteiger partial charge is 0.493 e. The highest BCUT2D eigenvalue weighted by Crippen LogP contribution is 2.30. The second-order valence-electron chi connectivity index (χ2n) is 7.15. The molecule has 3 aromatic carbocycles. The normalized spacial score (nSPS) is 13.0. The van der Waals surface area contributed by atoms with E-state index in [1.165, 1.54) is 12.0 Å². The number of hydrogen-bond acceptors (Lipinski definition) is 5. The summed E-state index contributed by atoms with van der Waals surface area (Å²) in [6.45, 7) is -0.176. The van der Waals surface area contributed by atoms with Crippen LogP contribution in [-0.2, 0) is 9.59 Å². The topological polar surface area (TPSA) is 80.2 Å². The number of carbonyl (C=O) groups is 2. The Kier molecular flexibility index (Phi) is 6.17. The minimum atomic E-state index is -0.330. The monoisotopic (exact) mass is 429 g/mol. The van der Waals surface area contributed by atoms with Crippen LogP contribution in [0.4, 0.5) is 11.4 Å². The molecule has 0 spiro atoms. The summed E-state index contributed by atoms with van der Waals surface area (Å²) in [5.74, 6) is 0.490. The van der Waals surface area contributed by atoms with Gasteiger partial charge in [0.25, 0.3) is 0 Å². The first-order valence-corrected chi connectivity index (χ1v) is 10.1. The van der Waals surface area contributed by atoms with Crippen LogP contribution in [0.25, 0.3) is 0 Å². The van der Waals surface area contributed by atoms with Crippen molar-refractivity contribution in [2.45, 2.75) is 0 Å². The molecule has 7 nitrogen and oxygen atoms in total. The van der Waals surface area contributed by atoms with Gasteiger partial charge < -0.3 is 19.7 Å². The first-order valence-electron chi connectivity index (χ1n) is 10.1. The minimum Gasteiger partial charge on any atom is -0.493 e. The zero-order chi connectivity index (χ0) is 22.5. The Morgan fingerprint density at radius 2 is 1.69 bits per heavy atom. The van der Waals surface area contributed by atoms with Crippen molar-refractivity contribution in [1.82, 2.24) is 0 Å². The van der Waals surface area contributed by atoms with Crippen molar-refractivity contribution in [2.75, 3.05) is 37.5 Å². The van der Waals surface area contributed by atoms with Crippen LogP contribution in [-0.4, -0.2) is 44.8 Å². The van der Waals surface area contributed by atoms with Gasteiger partial charge >= 0.3 is 0 Å². The van der Waals surface area contributed by atoms with E-state index < -0.39 is 0 Å². The average molecular weight is 429 g/mol. The van der Waals surface area contributed by atoms with Crippen LogP contribution in [0.2, 0.25) is 0 Å². The zero-order valence-electron chi connectivity index (χ0n) is 17.9. The second kappa shape index (κ2) is 9.34. The molecule has 0 saturated carbocycles. The molecule has 0 atom stereocenters. The third-order valence-corrected chi connectivity index (χ3v) is 5.14. The number of methoxy groups -OCH3 is 2. The Hall–Kier alpha value is -4.13. The standard InChI is InChI=1S/C25H23N3O4/c1-31-21-13-12-18(14-22(21)32-2)27-23(29)16-28-20-11-7-6-10-19(20)25(26-15-24(28)30)17-8-4-3-5-9-17/h3-14H,15-16H2,1-2H3,(H,27,29). The Bertz CT molecular complexity index is 1170. The summed E-state index contributed by atoms with van der Waals surface area (Å²) in [5, 5.41) is 2.82. The van der Waals surface area contributed by atoms with Gasteiger partial charge in [-0.1, -0.05) is 48.5 Å². The lowest BCUT2D eigenvalue weighted by Crippen LogP contribution is -2.39. The van der Waals surface area contributed by atoms with Crippen molar-refractivity contribution < 1.29 is 19.1 Å². The van der Waals surface area contributed by atoms with Gasteiger partial charge in [0.1, 0.15) is 13.1 Å². The molecule has 0 radical (unpaired) electrons. The lowest BCUT2D eigenvalue weighted by atomic mass is 10.0. The molecule has 0 aliphatic carbocycles. The van der Waals surface area contributed by atoms with Crippen LogP contribution in [0.3, 0.4) is 0 Å². The van der Waals surface area contributed by atoms with E-state index in [0.717, 1.165) is 16.8 Å². The van der Waals surface area contributed by atoms with Gasteiger partial charge in [-0.3, -0.25) is 14.6 Å². The lowest BCUT2D eigenvalue weighted by molar-refractivity contribution is -0.120. The number of nitrogens with zero attached hydrogens (tertiary/aromatic N) is 2. The predicted octanol–water partition coefficient (Wildman–Crippen LogP) is 3.53. The molecule has 0 bridgehead atoms. The smallest absolute Gasteiger partial charge is 0.249 e. The Morgan fingerprint density at radius 3 is 2.44 bits per heavy atom. The summed E-state index contributed by atoms with van der Waals surface area (Å²) in [6, 6.07) is 22.3. The molecule has 1 N–H and O–H groups in total. The maximum Gasteiger partial charge on any atom is 0.249 e. The van der Waals surface area contributed by atoms with Crippen molar-refractivity contribution >= 4 is 28.9 Å². The molecule has 4 rings (SSSR count). The molecular formula is C25H23N3O4. The number of nitrogens with one attached hydrogen (secondary N) is 1. The van der Waals surface area contributed by atoms with E-state index >= 15 is 0 Å². The number of rotatable bonds is 6. The van der Waals surface area contributed by atoms with E-state index in [1.54, 1.807) is 25.3 Å². The molecule has 162 valence electrons. The summed E-state index contributed by atoms with van der Waals surface area (Å²) < 4.78 is 10.5. The highest BCUT2D eigenvalue weighted by atomic mass is 16.5. The molecule has 0 fully saturated rings. The Morgan fingerprint density at radius 1 is 0.969 bits per heavy atom. The van der Waals surface area contributed by atoms with Gasteiger partial charge in [-0.2, -0.15) is 0 Å². The first kappa shape index (κ1) is 21.1. The predicted molar refractivity (Wildman–Crippen MR) is 124 cm³/mol. The average Bonchev–Trinajstić information content (AvgIpc) is 2.96. The minimum absolute atomic E-state index is 0.0391. The van der Waals surface area contributed by atoms with E-state index in [9.17, 15) is 9.59 Å². The molecule has 1 aliphatic rings. The van der Waals surface area contributed by atoms with Crippen molar-refractivity contribution in [1.29, 1.82) is 0 Å². The van der Waals surface area contributed by atoms with E-state index in [0.29, 0.717) is 22.9 Å². The molecular weight excluding hydrogens is 406 g/mol. The van der Waals surface area contributed by atoms with E-state index in [-0.39, 0.29) is 24.9 Å². The van der Waals surface area contributed by atoms with Crippen LogP contribution in [0.5, 0.6) is 11.5 Å². The number of fused-ring (bicyclic) bond motifs is 1. The van der Waals surface area contributed by atoms with Crippen LogP contribution in [0.1, 0.15) is 11.1 Å². The molecule has 7 heteroatoms. The van der Waals surface area contributed by atoms with E-state index in [1.807, 2.05) is 54.6 Å². The lowest BCUT2D eigenvalue weighted by Gasteiger charge is -2.22. The Balaban J connectivity index is 1.59. The quantitative estimate of drug-likeness (QED) is 0.650. The van der Waals surface area contributed by atoms with Crippen molar-refractivity contribution in [3.63, 3.8) is 0 Å².